The maximum absolute atomic E-state index is 10.9. The molecule has 0 aromatic carbocycles. The monoisotopic (exact) mass is 204 g/mol. The number of hydrogen-bond acceptors (Lipinski definition) is 6. The van der Waals surface area contributed by atoms with E-state index in [1.165, 1.54) is 12.3 Å². The van der Waals surface area contributed by atoms with Gasteiger partial charge in [0.1, 0.15) is 5.00 Å². The van der Waals surface area contributed by atoms with Crippen molar-refractivity contribution in [3.63, 3.8) is 0 Å². The molecule has 1 N–H and O–H groups in total. The van der Waals surface area contributed by atoms with Gasteiger partial charge in [0.15, 0.2) is 5.75 Å². The zero-order valence-electron chi connectivity index (χ0n) is 5.76. The lowest BCUT2D eigenvalue weighted by Gasteiger charge is -1.97. The van der Waals surface area contributed by atoms with Crippen LogP contribution in [-0.2, 0) is 10.0 Å². The van der Waals surface area contributed by atoms with Gasteiger partial charge >= 0.3 is 0 Å². The van der Waals surface area contributed by atoms with Gasteiger partial charge in [0.25, 0.3) is 0 Å². The van der Waals surface area contributed by atoms with Gasteiger partial charge in [-0.15, -0.1) is 5.10 Å². The van der Waals surface area contributed by atoms with Crippen LogP contribution in [0.5, 0.6) is 0 Å². The summed E-state index contributed by atoms with van der Waals surface area (Å²) in [5.74, 6) is -0.565. The van der Waals surface area contributed by atoms with Gasteiger partial charge in [-0.05, 0) is 0 Å². The van der Waals surface area contributed by atoms with Gasteiger partial charge in [-0.25, -0.2) is 8.42 Å². The Hall–Kier alpha value is -1.20. The van der Waals surface area contributed by atoms with E-state index in [-0.39, 0.29) is 0 Å². The van der Waals surface area contributed by atoms with Crippen LogP contribution < -0.4 is 4.72 Å². The number of nitrogens with one attached hydrogen (secondary N) is 1. The molecule has 0 aliphatic rings. The van der Waals surface area contributed by atoms with Gasteiger partial charge in [0.05, 0.1) is 12.3 Å². The Morgan fingerprint density at radius 2 is 2.50 bits per heavy atom. The standard InChI is InChI=1S/C4H4N4O2S2/c5-1-2-12(9,10)7-4-3-6-8-11-4/h3,7H,2H2. The molecular formula is C4H4N4O2S2. The van der Waals surface area contributed by atoms with Crippen LogP contribution in [0.25, 0.3) is 0 Å². The van der Waals surface area contributed by atoms with E-state index in [0.717, 1.165) is 11.5 Å². The highest BCUT2D eigenvalue weighted by atomic mass is 32.2. The summed E-state index contributed by atoms with van der Waals surface area (Å²) >= 11 is 0.915. The first-order valence-corrected chi connectivity index (χ1v) is 5.21. The van der Waals surface area contributed by atoms with E-state index in [0.29, 0.717) is 5.00 Å². The zero-order chi connectivity index (χ0) is 9.03. The van der Waals surface area contributed by atoms with E-state index in [1.54, 1.807) is 0 Å². The van der Waals surface area contributed by atoms with E-state index in [1.807, 2.05) is 0 Å². The number of nitrogens with zero attached hydrogens (tertiary/aromatic N) is 3. The summed E-state index contributed by atoms with van der Waals surface area (Å²) < 4.78 is 27.4. The maximum Gasteiger partial charge on any atom is 0.246 e. The lowest BCUT2D eigenvalue weighted by molar-refractivity contribution is 0.604. The molecule has 0 spiro atoms. The highest BCUT2D eigenvalue weighted by Gasteiger charge is 2.10. The lowest BCUT2D eigenvalue weighted by Crippen LogP contribution is -2.14. The molecule has 0 aliphatic carbocycles. The van der Waals surface area contributed by atoms with Crippen molar-refractivity contribution in [2.24, 2.45) is 0 Å². The summed E-state index contributed by atoms with van der Waals surface area (Å²) in [5, 5.41) is 11.9. The molecule has 0 unspecified atom stereocenters. The predicted octanol–water partition coefficient (Wildman–Crippen LogP) is -0.197. The van der Waals surface area contributed by atoms with Crippen LogP contribution in [0.3, 0.4) is 0 Å². The van der Waals surface area contributed by atoms with Crippen molar-refractivity contribution < 1.29 is 8.42 Å². The average molecular weight is 204 g/mol. The van der Waals surface area contributed by atoms with Gasteiger partial charge in [0.2, 0.25) is 10.0 Å². The number of sulfonamides is 1. The van der Waals surface area contributed by atoms with E-state index >= 15 is 0 Å². The summed E-state index contributed by atoms with van der Waals surface area (Å²) in [4.78, 5) is 0. The third kappa shape index (κ3) is 2.44. The fraction of sp³-hybridized carbons (Fsp3) is 0.250. The predicted molar refractivity (Wildman–Crippen MR) is 42.9 cm³/mol. The molecule has 1 aromatic heterocycles. The molecule has 1 heterocycles. The molecule has 0 aliphatic heterocycles. The molecule has 0 saturated heterocycles. The summed E-state index contributed by atoms with van der Waals surface area (Å²) in [6, 6.07) is 1.53. The Bertz CT molecular complexity index is 376. The molecule has 0 atom stereocenters. The van der Waals surface area contributed by atoms with Gasteiger partial charge in [0, 0.05) is 11.5 Å². The Morgan fingerprint density at radius 1 is 1.75 bits per heavy atom. The van der Waals surface area contributed by atoms with E-state index in [4.69, 9.17) is 5.26 Å². The number of nitriles is 1. The van der Waals surface area contributed by atoms with Crippen molar-refractivity contribution in [1.29, 1.82) is 5.26 Å². The van der Waals surface area contributed by atoms with Gasteiger partial charge in [-0.1, -0.05) is 4.49 Å². The molecule has 0 bridgehead atoms. The average Bonchev–Trinajstić information content (AvgIpc) is 2.38. The summed E-state index contributed by atoms with van der Waals surface area (Å²) in [6.45, 7) is 0. The van der Waals surface area contributed by atoms with Crippen LogP contribution in [-0.4, -0.2) is 23.8 Å². The molecule has 0 fully saturated rings. The minimum absolute atomic E-state index is 0.310. The second-order valence-electron chi connectivity index (χ2n) is 1.80. The summed E-state index contributed by atoms with van der Waals surface area (Å²) in [7, 11) is -3.54. The third-order valence-corrected chi connectivity index (χ3v) is 2.62. The molecule has 1 aromatic rings. The fourth-order valence-corrected chi connectivity index (χ4v) is 1.89. The first-order chi connectivity index (χ1) is 5.64. The van der Waals surface area contributed by atoms with Crippen molar-refractivity contribution >= 4 is 26.6 Å². The molecular weight excluding hydrogens is 200 g/mol. The van der Waals surface area contributed by atoms with Crippen LogP contribution in [0.1, 0.15) is 0 Å². The molecule has 1 rings (SSSR count). The Labute approximate surface area is 73.1 Å². The smallest absolute Gasteiger partial charge is 0.246 e. The van der Waals surface area contributed by atoms with Crippen molar-refractivity contribution in [2.75, 3.05) is 10.5 Å². The highest BCUT2D eigenvalue weighted by molar-refractivity contribution is 7.93. The van der Waals surface area contributed by atoms with Crippen LogP contribution in [0.2, 0.25) is 0 Å². The molecule has 64 valence electrons. The van der Waals surface area contributed by atoms with Gasteiger partial charge < -0.3 is 0 Å². The van der Waals surface area contributed by atoms with E-state index < -0.39 is 15.8 Å². The topological polar surface area (TPSA) is 95.7 Å². The van der Waals surface area contributed by atoms with Crippen LogP contribution >= 0.6 is 11.5 Å². The van der Waals surface area contributed by atoms with E-state index in [9.17, 15) is 8.42 Å². The Kier molecular flexibility index (Phi) is 2.57. The lowest BCUT2D eigenvalue weighted by atomic mass is 10.9. The summed E-state index contributed by atoms with van der Waals surface area (Å²) in [6.07, 6.45) is 1.28. The number of anilines is 1. The molecule has 6 nitrogen and oxygen atoms in total. The number of aromatic nitrogens is 2. The molecule has 8 heteroatoms. The number of rotatable bonds is 3. The summed E-state index contributed by atoms with van der Waals surface area (Å²) in [5.41, 5.74) is 0. The Balaban J connectivity index is 2.71. The van der Waals surface area contributed by atoms with E-state index in [2.05, 4.69) is 14.3 Å². The largest absolute Gasteiger partial charge is 0.271 e. The van der Waals surface area contributed by atoms with Crippen LogP contribution in [0.15, 0.2) is 6.20 Å². The quantitative estimate of drug-likeness (QED) is 0.735. The first kappa shape index (κ1) is 8.89. The van der Waals surface area contributed by atoms with Crippen molar-refractivity contribution in [2.45, 2.75) is 0 Å². The SMILES string of the molecule is N#CCS(=O)(=O)Nc1cnns1. The van der Waals surface area contributed by atoms with Gasteiger partial charge in [-0.2, -0.15) is 5.26 Å². The Morgan fingerprint density at radius 3 is 3.00 bits per heavy atom. The minimum Gasteiger partial charge on any atom is -0.271 e. The molecule has 12 heavy (non-hydrogen) atoms. The van der Waals surface area contributed by atoms with Crippen LogP contribution in [0, 0.1) is 11.3 Å². The second kappa shape index (κ2) is 3.46. The third-order valence-electron chi connectivity index (χ3n) is 0.872. The minimum atomic E-state index is -3.54. The molecule has 0 amide bonds. The zero-order valence-corrected chi connectivity index (χ0v) is 7.39. The van der Waals surface area contributed by atoms with Crippen LogP contribution in [0.4, 0.5) is 5.00 Å². The molecule has 0 radical (unpaired) electrons. The fourth-order valence-electron chi connectivity index (χ4n) is 0.486. The number of hydrogen-bond donors (Lipinski definition) is 1. The van der Waals surface area contributed by atoms with Crippen molar-refractivity contribution in [3.8, 4) is 6.07 Å². The van der Waals surface area contributed by atoms with Crippen molar-refractivity contribution in [3.05, 3.63) is 6.20 Å². The van der Waals surface area contributed by atoms with Gasteiger partial charge in [-0.3, -0.25) is 4.72 Å². The normalized spacial score (nSPS) is 10.6. The maximum atomic E-state index is 10.9. The van der Waals surface area contributed by atoms with Crippen molar-refractivity contribution in [1.82, 2.24) is 9.59 Å². The highest BCUT2D eigenvalue weighted by Crippen LogP contribution is 2.10. The molecule has 0 saturated carbocycles. The second-order valence-corrected chi connectivity index (χ2v) is 4.31. The first-order valence-electron chi connectivity index (χ1n) is 2.79.